The van der Waals surface area contributed by atoms with E-state index < -0.39 is 0 Å². The van der Waals surface area contributed by atoms with Crippen molar-refractivity contribution < 1.29 is 9.15 Å². The van der Waals surface area contributed by atoms with E-state index in [9.17, 15) is 0 Å². The molecule has 0 spiro atoms. The molecule has 3 heterocycles. The summed E-state index contributed by atoms with van der Waals surface area (Å²) in [6.45, 7) is 1.10. The van der Waals surface area contributed by atoms with E-state index in [2.05, 4.69) is 25.3 Å². The fraction of sp³-hybridized carbons (Fsp3) is 0.227. The molecule has 0 N–H and O–H groups in total. The standard InChI is InChI=1S/C22H21ClN6O2/c23-18-7-4-17(5-8-18)6-10-21-26-20(13-30-21)14-31-22-11-9-19(27-28-22)3-1-2-12-29-16-24-15-25-29/h4-11,13,15-16H,1-3,12,14H2/b10-6+. The highest BCUT2D eigenvalue weighted by molar-refractivity contribution is 6.30. The summed E-state index contributed by atoms with van der Waals surface area (Å²) in [5, 5.41) is 13.1. The van der Waals surface area contributed by atoms with Crippen molar-refractivity contribution in [1.29, 1.82) is 0 Å². The Morgan fingerprint density at radius 2 is 1.90 bits per heavy atom. The summed E-state index contributed by atoms with van der Waals surface area (Å²) in [7, 11) is 0. The van der Waals surface area contributed by atoms with E-state index in [1.165, 1.54) is 0 Å². The van der Waals surface area contributed by atoms with Crippen LogP contribution < -0.4 is 4.74 Å². The van der Waals surface area contributed by atoms with Crippen LogP contribution in [0.4, 0.5) is 0 Å². The lowest BCUT2D eigenvalue weighted by atomic mass is 10.2. The molecule has 8 nitrogen and oxygen atoms in total. The van der Waals surface area contributed by atoms with Gasteiger partial charge in [0.1, 0.15) is 31.2 Å². The van der Waals surface area contributed by atoms with Gasteiger partial charge < -0.3 is 9.15 Å². The van der Waals surface area contributed by atoms with Crippen molar-refractivity contribution in [3.63, 3.8) is 0 Å². The average molecular weight is 437 g/mol. The fourth-order valence-electron chi connectivity index (χ4n) is 2.84. The number of ether oxygens (including phenoxy) is 1. The first-order chi connectivity index (χ1) is 15.2. The van der Waals surface area contributed by atoms with Crippen LogP contribution in [-0.4, -0.2) is 29.9 Å². The summed E-state index contributed by atoms with van der Waals surface area (Å²) in [6.07, 6.45) is 11.4. The Hall–Kier alpha value is -3.52. The average Bonchev–Trinajstić information content (AvgIpc) is 3.48. The predicted octanol–water partition coefficient (Wildman–Crippen LogP) is 4.48. The number of unbranched alkanes of at least 4 members (excludes halogenated alkanes) is 1. The number of aryl methyl sites for hydroxylation is 2. The lowest BCUT2D eigenvalue weighted by Crippen LogP contribution is -2.02. The van der Waals surface area contributed by atoms with Crippen LogP contribution in [0.5, 0.6) is 5.88 Å². The Labute approximate surface area is 184 Å². The third-order valence-electron chi connectivity index (χ3n) is 4.46. The number of benzene rings is 1. The van der Waals surface area contributed by atoms with E-state index in [1.807, 2.05) is 47.2 Å². The van der Waals surface area contributed by atoms with Crippen molar-refractivity contribution in [2.24, 2.45) is 0 Å². The molecule has 9 heteroatoms. The van der Waals surface area contributed by atoms with E-state index in [1.54, 1.807) is 25.0 Å². The van der Waals surface area contributed by atoms with Crippen molar-refractivity contribution in [3.05, 3.63) is 83.2 Å². The summed E-state index contributed by atoms with van der Waals surface area (Å²) < 4.78 is 12.9. The Kier molecular flexibility index (Phi) is 7.02. The van der Waals surface area contributed by atoms with Crippen molar-refractivity contribution in [2.75, 3.05) is 0 Å². The summed E-state index contributed by atoms with van der Waals surface area (Å²) in [4.78, 5) is 8.31. The minimum absolute atomic E-state index is 0.254. The second-order valence-electron chi connectivity index (χ2n) is 6.83. The van der Waals surface area contributed by atoms with Gasteiger partial charge >= 0.3 is 0 Å². The molecule has 1 aromatic carbocycles. The molecule has 0 aliphatic heterocycles. The zero-order valence-electron chi connectivity index (χ0n) is 16.8. The Morgan fingerprint density at radius 3 is 2.68 bits per heavy atom. The molecule has 0 unspecified atom stereocenters. The highest BCUT2D eigenvalue weighted by atomic mass is 35.5. The second kappa shape index (κ2) is 10.5. The van der Waals surface area contributed by atoms with Crippen LogP contribution in [0.25, 0.3) is 12.2 Å². The van der Waals surface area contributed by atoms with Gasteiger partial charge in [0, 0.05) is 23.7 Å². The van der Waals surface area contributed by atoms with E-state index >= 15 is 0 Å². The molecule has 31 heavy (non-hydrogen) atoms. The zero-order chi connectivity index (χ0) is 21.3. The molecule has 0 aliphatic rings. The van der Waals surface area contributed by atoms with E-state index in [-0.39, 0.29) is 6.61 Å². The molecule has 0 amide bonds. The number of halogens is 1. The quantitative estimate of drug-likeness (QED) is 0.338. The Morgan fingerprint density at radius 1 is 1.00 bits per heavy atom. The van der Waals surface area contributed by atoms with Crippen molar-refractivity contribution in [3.8, 4) is 5.88 Å². The maximum atomic E-state index is 5.89. The maximum absolute atomic E-state index is 5.89. The molecule has 0 radical (unpaired) electrons. The minimum atomic E-state index is 0.254. The largest absolute Gasteiger partial charge is 0.470 e. The first-order valence-corrected chi connectivity index (χ1v) is 10.3. The molecule has 0 fully saturated rings. The number of hydrogen-bond donors (Lipinski definition) is 0. The van der Waals surface area contributed by atoms with Crippen LogP contribution in [0.15, 0.2) is 59.7 Å². The Bertz CT molecular complexity index is 1090. The van der Waals surface area contributed by atoms with E-state index in [4.69, 9.17) is 20.8 Å². The molecule has 0 saturated heterocycles. The van der Waals surface area contributed by atoms with Crippen LogP contribution in [0.1, 0.15) is 35.7 Å². The van der Waals surface area contributed by atoms with Gasteiger partial charge in [0.15, 0.2) is 0 Å². The number of rotatable bonds is 10. The van der Waals surface area contributed by atoms with Crippen LogP contribution in [0.2, 0.25) is 5.02 Å². The molecule has 0 atom stereocenters. The molecule has 0 bridgehead atoms. The molecule has 0 aliphatic carbocycles. The summed E-state index contributed by atoms with van der Waals surface area (Å²) in [6, 6.07) is 11.3. The SMILES string of the molecule is Clc1ccc(/C=C/c2nc(COc3ccc(CCCCn4cncn4)nn3)co2)cc1. The van der Waals surface area contributed by atoms with Crippen LogP contribution in [0, 0.1) is 0 Å². The molecular weight excluding hydrogens is 416 g/mol. The number of aromatic nitrogens is 6. The summed E-state index contributed by atoms with van der Waals surface area (Å²) in [5.74, 6) is 0.952. The number of nitrogens with zero attached hydrogens (tertiary/aromatic N) is 6. The summed E-state index contributed by atoms with van der Waals surface area (Å²) >= 11 is 5.89. The first kappa shape index (κ1) is 20.7. The lowest BCUT2D eigenvalue weighted by molar-refractivity contribution is 0.285. The minimum Gasteiger partial charge on any atom is -0.470 e. The van der Waals surface area contributed by atoms with Gasteiger partial charge in [-0.1, -0.05) is 23.7 Å². The van der Waals surface area contributed by atoms with Gasteiger partial charge in [0.25, 0.3) is 0 Å². The van der Waals surface area contributed by atoms with Gasteiger partial charge in [-0.15, -0.1) is 5.10 Å². The lowest BCUT2D eigenvalue weighted by Gasteiger charge is -2.04. The molecular formula is C22H21ClN6O2. The maximum Gasteiger partial charge on any atom is 0.233 e. The van der Waals surface area contributed by atoms with Gasteiger partial charge in [-0.2, -0.15) is 10.2 Å². The van der Waals surface area contributed by atoms with Crippen molar-refractivity contribution in [2.45, 2.75) is 32.4 Å². The van der Waals surface area contributed by atoms with Gasteiger partial charge in [0.05, 0.1) is 5.69 Å². The number of hydrogen-bond acceptors (Lipinski definition) is 7. The zero-order valence-corrected chi connectivity index (χ0v) is 17.5. The second-order valence-corrected chi connectivity index (χ2v) is 7.27. The van der Waals surface area contributed by atoms with Gasteiger partial charge in [-0.05, 0) is 49.1 Å². The third-order valence-corrected chi connectivity index (χ3v) is 4.71. The summed E-state index contributed by atoms with van der Waals surface area (Å²) in [5.41, 5.74) is 2.62. The first-order valence-electron chi connectivity index (χ1n) is 9.90. The molecule has 3 aromatic heterocycles. The third kappa shape index (κ3) is 6.48. The Balaban J connectivity index is 1.20. The van der Waals surface area contributed by atoms with Gasteiger partial charge in [-0.3, -0.25) is 4.68 Å². The van der Waals surface area contributed by atoms with Crippen LogP contribution >= 0.6 is 11.6 Å². The smallest absolute Gasteiger partial charge is 0.233 e. The van der Waals surface area contributed by atoms with Crippen LogP contribution in [0.3, 0.4) is 0 Å². The molecule has 0 saturated carbocycles. The molecule has 4 aromatic rings. The van der Waals surface area contributed by atoms with E-state index in [0.29, 0.717) is 22.5 Å². The van der Waals surface area contributed by atoms with Gasteiger partial charge in [0.2, 0.25) is 11.8 Å². The molecule has 4 rings (SSSR count). The number of oxazole rings is 1. The monoisotopic (exact) mass is 436 g/mol. The van der Waals surface area contributed by atoms with Crippen molar-refractivity contribution in [1.82, 2.24) is 29.9 Å². The van der Waals surface area contributed by atoms with Crippen molar-refractivity contribution >= 4 is 23.8 Å². The normalized spacial score (nSPS) is 11.3. The van der Waals surface area contributed by atoms with Gasteiger partial charge in [-0.25, -0.2) is 9.97 Å². The predicted molar refractivity (Wildman–Crippen MR) is 116 cm³/mol. The van der Waals surface area contributed by atoms with E-state index in [0.717, 1.165) is 37.1 Å². The topological polar surface area (TPSA) is 91.8 Å². The highest BCUT2D eigenvalue weighted by Crippen LogP contribution is 2.14. The molecule has 158 valence electrons. The fourth-order valence-corrected chi connectivity index (χ4v) is 2.97. The highest BCUT2D eigenvalue weighted by Gasteiger charge is 2.05. The van der Waals surface area contributed by atoms with Crippen LogP contribution in [-0.2, 0) is 19.6 Å².